The summed E-state index contributed by atoms with van der Waals surface area (Å²) in [5, 5.41) is 3.74. The first-order chi connectivity index (χ1) is 14.6. The molecule has 0 aliphatic carbocycles. The Morgan fingerprint density at radius 2 is 1.84 bits per heavy atom. The Bertz CT molecular complexity index is 895. The van der Waals surface area contributed by atoms with Crippen molar-refractivity contribution in [2.75, 3.05) is 5.75 Å². The fourth-order valence-corrected chi connectivity index (χ4v) is 4.52. The van der Waals surface area contributed by atoms with Crippen LogP contribution in [0.4, 0.5) is 0 Å². The van der Waals surface area contributed by atoms with Crippen LogP contribution in [-0.4, -0.2) is 34.0 Å². The number of hydrogen-bond donors (Lipinski definition) is 1. The third-order valence-corrected chi connectivity index (χ3v) is 6.10. The van der Waals surface area contributed by atoms with Crippen molar-refractivity contribution >= 4 is 35.2 Å². The van der Waals surface area contributed by atoms with Gasteiger partial charge in [-0.1, -0.05) is 66.6 Å². The summed E-state index contributed by atoms with van der Waals surface area (Å²) in [5.41, 5.74) is 2.79. The number of carbonyl (C=O) groups excluding carboxylic acids is 2. The number of benzene rings is 2. The molecule has 0 saturated heterocycles. The number of nitrogens with one attached hydrogen (secondary N) is 1. The van der Waals surface area contributed by atoms with Crippen molar-refractivity contribution in [3.63, 3.8) is 0 Å². The van der Waals surface area contributed by atoms with Gasteiger partial charge in [0.15, 0.2) is 0 Å². The van der Waals surface area contributed by atoms with Gasteiger partial charge in [0, 0.05) is 22.9 Å². The number of halogens is 1. The van der Waals surface area contributed by atoms with Gasteiger partial charge in [0.2, 0.25) is 11.8 Å². The summed E-state index contributed by atoms with van der Waals surface area (Å²) < 4.78 is 0. The molecule has 2 rings (SSSR count). The summed E-state index contributed by atoms with van der Waals surface area (Å²) in [7, 11) is 0. The molecule has 0 spiro atoms. The summed E-state index contributed by atoms with van der Waals surface area (Å²) in [6, 6.07) is 15.2. The van der Waals surface area contributed by atoms with Crippen molar-refractivity contribution in [2.24, 2.45) is 0 Å². The molecule has 1 atom stereocenters. The minimum absolute atomic E-state index is 0.0468. The monoisotopic (exact) mass is 460 g/mol. The Labute approximate surface area is 195 Å². The van der Waals surface area contributed by atoms with Gasteiger partial charge in [-0.05, 0) is 51.3 Å². The Balaban J connectivity index is 2.17. The van der Waals surface area contributed by atoms with E-state index in [2.05, 4.69) is 11.4 Å². The van der Waals surface area contributed by atoms with Crippen LogP contribution in [0.15, 0.2) is 48.5 Å². The van der Waals surface area contributed by atoms with Crippen LogP contribution in [0.5, 0.6) is 0 Å². The van der Waals surface area contributed by atoms with Crippen LogP contribution < -0.4 is 5.32 Å². The molecule has 4 nitrogen and oxygen atoms in total. The molecule has 2 aromatic carbocycles. The summed E-state index contributed by atoms with van der Waals surface area (Å²) in [4.78, 5) is 28.0. The van der Waals surface area contributed by atoms with Gasteiger partial charge in [-0.2, -0.15) is 0 Å². The molecule has 0 saturated carbocycles. The van der Waals surface area contributed by atoms with Gasteiger partial charge in [-0.15, -0.1) is 11.8 Å². The quantitative estimate of drug-likeness (QED) is 0.529. The first kappa shape index (κ1) is 25.3. The van der Waals surface area contributed by atoms with Crippen molar-refractivity contribution < 1.29 is 9.59 Å². The topological polar surface area (TPSA) is 49.4 Å². The maximum atomic E-state index is 13.3. The van der Waals surface area contributed by atoms with Crippen LogP contribution >= 0.6 is 23.4 Å². The average Bonchev–Trinajstić information content (AvgIpc) is 2.68. The van der Waals surface area contributed by atoms with Crippen molar-refractivity contribution in [1.82, 2.24) is 10.2 Å². The van der Waals surface area contributed by atoms with Crippen LogP contribution in [-0.2, 0) is 21.9 Å². The van der Waals surface area contributed by atoms with Crippen molar-refractivity contribution in [2.45, 2.75) is 64.9 Å². The predicted octanol–water partition coefficient (Wildman–Crippen LogP) is 5.60. The smallest absolute Gasteiger partial charge is 0.243 e. The van der Waals surface area contributed by atoms with Gasteiger partial charge in [-0.3, -0.25) is 9.59 Å². The second-order valence-corrected chi connectivity index (χ2v) is 10.2. The summed E-state index contributed by atoms with van der Waals surface area (Å²) in [6.07, 6.45) is 0.550. The Hall–Kier alpha value is -1.98. The van der Waals surface area contributed by atoms with Crippen molar-refractivity contribution in [3.8, 4) is 0 Å². The zero-order valence-electron chi connectivity index (χ0n) is 19.1. The predicted molar refractivity (Wildman–Crippen MR) is 131 cm³/mol. The lowest BCUT2D eigenvalue weighted by atomic mass is 10.1. The lowest BCUT2D eigenvalue weighted by molar-refractivity contribution is -0.140. The number of carbonyl (C=O) groups is 2. The average molecular weight is 461 g/mol. The van der Waals surface area contributed by atoms with Gasteiger partial charge in [-0.25, -0.2) is 0 Å². The molecule has 168 valence electrons. The molecule has 0 aliphatic rings. The van der Waals surface area contributed by atoms with E-state index in [0.29, 0.717) is 23.7 Å². The van der Waals surface area contributed by atoms with Crippen LogP contribution in [0.2, 0.25) is 5.02 Å². The third kappa shape index (κ3) is 8.23. The Kier molecular flexibility index (Phi) is 9.45. The molecule has 1 unspecified atom stereocenters. The highest BCUT2D eigenvalue weighted by molar-refractivity contribution is 7.99. The van der Waals surface area contributed by atoms with Gasteiger partial charge in [0.25, 0.3) is 0 Å². The Morgan fingerprint density at radius 3 is 2.45 bits per heavy atom. The number of nitrogens with zero attached hydrogens (tertiary/aromatic N) is 1. The zero-order valence-corrected chi connectivity index (χ0v) is 20.6. The van der Waals surface area contributed by atoms with E-state index >= 15 is 0 Å². The number of thioether (sulfide) groups is 1. The van der Waals surface area contributed by atoms with Crippen LogP contribution in [0.1, 0.15) is 50.8 Å². The fraction of sp³-hybridized carbons (Fsp3) is 0.440. The molecular formula is C25H33ClN2O2S. The van der Waals surface area contributed by atoms with E-state index in [-0.39, 0.29) is 23.1 Å². The molecule has 0 aliphatic heterocycles. The van der Waals surface area contributed by atoms with Crippen molar-refractivity contribution in [3.05, 3.63) is 70.2 Å². The van der Waals surface area contributed by atoms with Gasteiger partial charge in [0.1, 0.15) is 6.04 Å². The molecule has 0 aromatic heterocycles. The number of aryl methyl sites for hydroxylation is 1. The lowest BCUT2D eigenvalue weighted by Gasteiger charge is -2.33. The summed E-state index contributed by atoms with van der Waals surface area (Å²) >= 11 is 7.75. The largest absolute Gasteiger partial charge is 0.350 e. The maximum Gasteiger partial charge on any atom is 0.243 e. The second-order valence-electron chi connectivity index (χ2n) is 8.76. The van der Waals surface area contributed by atoms with Gasteiger partial charge < -0.3 is 10.2 Å². The third-order valence-electron chi connectivity index (χ3n) is 4.76. The van der Waals surface area contributed by atoms with E-state index in [9.17, 15) is 9.59 Å². The highest BCUT2D eigenvalue weighted by Gasteiger charge is 2.30. The van der Waals surface area contributed by atoms with E-state index < -0.39 is 6.04 Å². The fourth-order valence-electron chi connectivity index (χ4n) is 3.33. The van der Waals surface area contributed by atoms with E-state index in [1.54, 1.807) is 4.90 Å². The number of rotatable bonds is 9. The zero-order chi connectivity index (χ0) is 23.0. The van der Waals surface area contributed by atoms with E-state index in [1.165, 1.54) is 11.8 Å². The number of amides is 2. The second kappa shape index (κ2) is 11.6. The van der Waals surface area contributed by atoms with E-state index in [0.717, 1.165) is 16.7 Å². The molecule has 2 amide bonds. The molecule has 0 bridgehead atoms. The Morgan fingerprint density at radius 1 is 1.13 bits per heavy atom. The van der Waals surface area contributed by atoms with E-state index in [1.807, 2.05) is 77.1 Å². The molecule has 0 fully saturated rings. The first-order valence-electron chi connectivity index (χ1n) is 10.6. The van der Waals surface area contributed by atoms with Gasteiger partial charge >= 0.3 is 0 Å². The molecule has 1 N–H and O–H groups in total. The molecular weight excluding hydrogens is 428 g/mol. The molecule has 6 heteroatoms. The SMILES string of the molecule is CCC(C(=O)NC(C)(C)C)N(Cc1cccc(C)c1)C(=O)CSCc1ccccc1Cl. The molecule has 2 aromatic rings. The number of hydrogen-bond acceptors (Lipinski definition) is 3. The standard InChI is InChI=1S/C25H33ClN2O2S/c1-6-22(24(30)27-25(3,4)5)28(15-19-11-9-10-18(2)14-19)23(29)17-31-16-20-12-7-8-13-21(20)26/h7-14,22H,6,15-17H2,1-5H3,(H,27,30). The molecule has 0 heterocycles. The summed E-state index contributed by atoms with van der Waals surface area (Å²) in [5.74, 6) is 0.770. The minimum Gasteiger partial charge on any atom is -0.350 e. The minimum atomic E-state index is -0.520. The summed E-state index contributed by atoms with van der Waals surface area (Å²) in [6.45, 7) is 10.2. The lowest BCUT2D eigenvalue weighted by Crippen LogP contribution is -2.53. The van der Waals surface area contributed by atoms with E-state index in [4.69, 9.17) is 11.6 Å². The van der Waals surface area contributed by atoms with Crippen LogP contribution in [0.3, 0.4) is 0 Å². The van der Waals surface area contributed by atoms with Crippen LogP contribution in [0.25, 0.3) is 0 Å². The highest BCUT2D eigenvalue weighted by atomic mass is 35.5. The molecule has 31 heavy (non-hydrogen) atoms. The normalized spacial score (nSPS) is 12.3. The van der Waals surface area contributed by atoms with Crippen molar-refractivity contribution in [1.29, 1.82) is 0 Å². The first-order valence-corrected chi connectivity index (χ1v) is 12.1. The van der Waals surface area contributed by atoms with Crippen LogP contribution in [0, 0.1) is 6.92 Å². The maximum absolute atomic E-state index is 13.3. The van der Waals surface area contributed by atoms with Gasteiger partial charge in [0.05, 0.1) is 5.75 Å². The molecule has 0 radical (unpaired) electrons. The highest BCUT2D eigenvalue weighted by Crippen LogP contribution is 2.22.